The summed E-state index contributed by atoms with van der Waals surface area (Å²) in [7, 11) is 0. The molecule has 1 aliphatic rings. The number of hydrogen-bond acceptors (Lipinski definition) is 2. The Labute approximate surface area is 116 Å². The summed E-state index contributed by atoms with van der Waals surface area (Å²) in [4.78, 5) is 4.89. The van der Waals surface area contributed by atoms with E-state index in [9.17, 15) is 4.39 Å². The van der Waals surface area contributed by atoms with Crippen molar-refractivity contribution >= 4 is 0 Å². The minimum Gasteiger partial charge on any atom is -0.301 e. The molecule has 0 aromatic heterocycles. The first-order chi connectivity index (χ1) is 9.08. The standard InChI is InChI=1S/C16H25FN2/c1-13(2)12-18-8-10-19(11-9-18)14(3)15-6-4-5-7-16(15)17/h4-7,13-14H,8-12H2,1-3H3. The molecule has 1 atom stereocenters. The van der Waals surface area contributed by atoms with Crippen LogP contribution in [0, 0.1) is 11.7 Å². The smallest absolute Gasteiger partial charge is 0.127 e. The molecule has 3 heteroatoms. The van der Waals surface area contributed by atoms with Crippen LogP contribution in [0.4, 0.5) is 4.39 Å². The van der Waals surface area contributed by atoms with Crippen molar-refractivity contribution in [3.8, 4) is 0 Å². The molecule has 0 saturated carbocycles. The van der Waals surface area contributed by atoms with Crippen LogP contribution >= 0.6 is 0 Å². The van der Waals surface area contributed by atoms with Gasteiger partial charge in [0.1, 0.15) is 5.82 Å². The van der Waals surface area contributed by atoms with Crippen LogP contribution in [0.5, 0.6) is 0 Å². The normalized spacial score (nSPS) is 19.8. The van der Waals surface area contributed by atoms with Gasteiger partial charge in [-0.15, -0.1) is 0 Å². The summed E-state index contributed by atoms with van der Waals surface area (Å²) in [6, 6.07) is 7.31. The third-order valence-corrected chi connectivity index (χ3v) is 3.93. The topological polar surface area (TPSA) is 6.48 Å². The number of benzene rings is 1. The van der Waals surface area contributed by atoms with E-state index in [4.69, 9.17) is 0 Å². The van der Waals surface area contributed by atoms with E-state index in [1.807, 2.05) is 12.1 Å². The molecule has 1 aromatic carbocycles. The fraction of sp³-hybridized carbons (Fsp3) is 0.625. The Balaban J connectivity index is 1.93. The van der Waals surface area contributed by atoms with E-state index in [0.29, 0.717) is 0 Å². The molecule has 0 amide bonds. The van der Waals surface area contributed by atoms with Crippen molar-refractivity contribution in [3.63, 3.8) is 0 Å². The van der Waals surface area contributed by atoms with Crippen molar-refractivity contribution < 1.29 is 4.39 Å². The van der Waals surface area contributed by atoms with Crippen LogP contribution in [0.3, 0.4) is 0 Å². The van der Waals surface area contributed by atoms with E-state index in [1.165, 1.54) is 6.54 Å². The molecule has 1 fully saturated rings. The molecule has 19 heavy (non-hydrogen) atoms. The van der Waals surface area contributed by atoms with Crippen LogP contribution < -0.4 is 0 Å². The molecule has 0 N–H and O–H groups in total. The number of rotatable bonds is 4. The summed E-state index contributed by atoms with van der Waals surface area (Å²) in [5, 5.41) is 0. The number of hydrogen-bond donors (Lipinski definition) is 0. The maximum atomic E-state index is 13.8. The quantitative estimate of drug-likeness (QED) is 0.824. The van der Waals surface area contributed by atoms with E-state index >= 15 is 0 Å². The predicted molar refractivity (Wildman–Crippen MR) is 77.7 cm³/mol. The van der Waals surface area contributed by atoms with Crippen LogP contribution in [-0.4, -0.2) is 42.5 Å². The third-order valence-electron chi connectivity index (χ3n) is 3.93. The maximum Gasteiger partial charge on any atom is 0.127 e. The zero-order valence-corrected chi connectivity index (χ0v) is 12.3. The van der Waals surface area contributed by atoms with E-state index in [0.717, 1.165) is 37.7 Å². The minimum absolute atomic E-state index is 0.0837. The van der Waals surface area contributed by atoms with Crippen molar-refractivity contribution in [2.75, 3.05) is 32.7 Å². The van der Waals surface area contributed by atoms with Gasteiger partial charge >= 0.3 is 0 Å². The Kier molecular flexibility index (Phi) is 4.94. The fourth-order valence-corrected chi connectivity index (χ4v) is 2.86. The van der Waals surface area contributed by atoms with Gasteiger partial charge in [-0.25, -0.2) is 4.39 Å². The highest BCUT2D eigenvalue weighted by molar-refractivity contribution is 5.20. The average Bonchev–Trinajstić information content (AvgIpc) is 2.39. The molecule has 0 bridgehead atoms. The Morgan fingerprint density at radius 1 is 1.05 bits per heavy atom. The molecule has 1 unspecified atom stereocenters. The zero-order valence-electron chi connectivity index (χ0n) is 12.3. The van der Waals surface area contributed by atoms with Crippen molar-refractivity contribution in [2.24, 2.45) is 5.92 Å². The lowest BCUT2D eigenvalue weighted by atomic mass is 10.1. The second-order valence-corrected chi connectivity index (χ2v) is 5.93. The SMILES string of the molecule is CC(C)CN1CCN(C(C)c2ccccc2F)CC1. The highest BCUT2D eigenvalue weighted by atomic mass is 19.1. The lowest BCUT2D eigenvalue weighted by Gasteiger charge is -2.38. The second kappa shape index (κ2) is 6.49. The summed E-state index contributed by atoms with van der Waals surface area (Å²) >= 11 is 0. The van der Waals surface area contributed by atoms with Crippen LogP contribution in [0.15, 0.2) is 24.3 Å². The Bertz CT molecular complexity index is 397. The van der Waals surface area contributed by atoms with Gasteiger partial charge in [-0.05, 0) is 18.9 Å². The maximum absolute atomic E-state index is 13.8. The lowest BCUT2D eigenvalue weighted by Crippen LogP contribution is -2.48. The monoisotopic (exact) mass is 264 g/mol. The highest BCUT2D eigenvalue weighted by Gasteiger charge is 2.23. The Morgan fingerprint density at radius 2 is 1.68 bits per heavy atom. The first-order valence-electron chi connectivity index (χ1n) is 7.28. The molecule has 2 rings (SSSR count). The van der Waals surface area contributed by atoms with Crippen LogP contribution in [0.1, 0.15) is 32.4 Å². The average molecular weight is 264 g/mol. The largest absolute Gasteiger partial charge is 0.301 e. The zero-order chi connectivity index (χ0) is 13.8. The summed E-state index contributed by atoms with van der Waals surface area (Å²) in [6.45, 7) is 12.0. The molecule has 1 aliphatic heterocycles. The van der Waals surface area contributed by atoms with Gasteiger partial charge in [0, 0.05) is 44.3 Å². The van der Waals surface area contributed by atoms with Crippen molar-refractivity contribution in [2.45, 2.75) is 26.8 Å². The summed E-state index contributed by atoms with van der Waals surface area (Å²) in [6.07, 6.45) is 0. The predicted octanol–water partition coefficient (Wildman–Crippen LogP) is 3.16. The number of halogens is 1. The van der Waals surface area contributed by atoms with E-state index in [1.54, 1.807) is 12.1 Å². The first kappa shape index (κ1) is 14.5. The molecule has 1 aromatic rings. The first-order valence-corrected chi connectivity index (χ1v) is 7.28. The van der Waals surface area contributed by atoms with E-state index in [2.05, 4.69) is 30.6 Å². The summed E-state index contributed by atoms with van der Waals surface area (Å²) in [5.74, 6) is 0.634. The summed E-state index contributed by atoms with van der Waals surface area (Å²) < 4.78 is 13.8. The molecule has 106 valence electrons. The molecule has 0 radical (unpaired) electrons. The minimum atomic E-state index is -0.0837. The van der Waals surface area contributed by atoms with E-state index < -0.39 is 0 Å². The molecule has 2 nitrogen and oxygen atoms in total. The molecule has 1 saturated heterocycles. The highest BCUT2D eigenvalue weighted by Crippen LogP contribution is 2.23. The number of nitrogens with zero attached hydrogens (tertiary/aromatic N) is 2. The second-order valence-electron chi connectivity index (χ2n) is 5.93. The van der Waals surface area contributed by atoms with Gasteiger partial charge in [0.25, 0.3) is 0 Å². The van der Waals surface area contributed by atoms with E-state index in [-0.39, 0.29) is 11.9 Å². The van der Waals surface area contributed by atoms with Crippen molar-refractivity contribution in [3.05, 3.63) is 35.6 Å². The Morgan fingerprint density at radius 3 is 2.26 bits per heavy atom. The molecular formula is C16H25FN2. The third kappa shape index (κ3) is 3.77. The van der Waals surface area contributed by atoms with Crippen LogP contribution in [0.2, 0.25) is 0 Å². The van der Waals surface area contributed by atoms with Crippen LogP contribution in [0.25, 0.3) is 0 Å². The molecule has 0 spiro atoms. The molecule has 1 heterocycles. The number of piperazine rings is 1. The van der Waals surface area contributed by atoms with Crippen molar-refractivity contribution in [1.29, 1.82) is 0 Å². The van der Waals surface area contributed by atoms with Crippen LogP contribution in [-0.2, 0) is 0 Å². The Hall–Kier alpha value is -0.930. The van der Waals surface area contributed by atoms with Gasteiger partial charge in [0.15, 0.2) is 0 Å². The summed E-state index contributed by atoms with van der Waals surface area (Å²) in [5.41, 5.74) is 0.819. The molecular weight excluding hydrogens is 239 g/mol. The fourth-order valence-electron chi connectivity index (χ4n) is 2.86. The van der Waals surface area contributed by atoms with Gasteiger partial charge in [-0.2, -0.15) is 0 Å². The van der Waals surface area contributed by atoms with Crippen molar-refractivity contribution in [1.82, 2.24) is 9.80 Å². The molecule has 0 aliphatic carbocycles. The van der Waals surface area contributed by atoms with Gasteiger partial charge in [0.05, 0.1) is 0 Å². The lowest BCUT2D eigenvalue weighted by molar-refractivity contribution is 0.0935. The van der Waals surface area contributed by atoms with Gasteiger partial charge in [-0.1, -0.05) is 32.0 Å². The van der Waals surface area contributed by atoms with Gasteiger partial charge in [-0.3, -0.25) is 4.90 Å². The van der Waals surface area contributed by atoms with Gasteiger partial charge in [0.2, 0.25) is 0 Å². The van der Waals surface area contributed by atoms with Gasteiger partial charge < -0.3 is 4.90 Å².